The first kappa shape index (κ1) is 12.8. The zero-order valence-corrected chi connectivity index (χ0v) is 11.5. The number of amides is 1. The van der Waals surface area contributed by atoms with Gasteiger partial charge in [0, 0.05) is 17.2 Å². The molecule has 2 rings (SSSR count). The van der Waals surface area contributed by atoms with Crippen molar-refractivity contribution in [3.05, 3.63) is 46.2 Å². The number of aryl methyl sites for hydroxylation is 1. The number of halogens is 1. The molecular formula is C12H13BrN4O. The molecule has 0 bridgehead atoms. The third-order valence-corrected chi connectivity index (χ3v) is 3.59. The van der Waals surface area contributed by atoms with Gasteiger partial charge in [-0.15, -0.1) is 5.10 Å². The summed E-state index contributed by atoms with van der Waals surface area (Å²) in [7, 11) is 0. The molecule has 0 aliphatic rings. The zero-order chi connectivity index (χ0) is 13.0. The van der Waals surface area contributed by atoms with E-state index in [1.807, 2.05) is 19.1 Å². The molecule has 2 aromatic rings. The van der Waals surface area contributed by atoms with Gasteiger partial charge in [0.1, 0.15) is 0 Å². The normalized spacial score (nSPS) is 10.3. The van der Waals surface area contributed by atoms with Crippen molar-refractivity contribution in [2.24, 2.45) is 0 Å². The molecule has 0 saturated heterocycles. The van der Waals surface area contributed by atoms with Crippen LogP contribution < -0.4 is 5.32 Å². The van der Waals surface area contributed by atoms with Crippen LogP contribution in [0, 0.1) is 6.92 Å². The van der Waals surface area contributed by atoms with Crippen molar-refractivity contribution in [2.75, 3.05) is 6.54 Å². The summed E-state index contributed by atoms with van der Waals surface area (Å²) in [5.74, 6) is -0.0920. The van der Waals surface area contributed by atoms with E-state index in [2.05, 4.69) is 31.6 Å². The number of carbonyl (C=O) groups excluding carboxylic acids is 1. The highest BCUT2D eigenvalue weighted by atomic mass is 79.9. The Balaban J connectivity index is 1.93. The van der Waals surface area contributed by atoms with Crippen molar-refractivity contribution in [3.8, 4) is 0 Å². The van der Waals surface area contributed by atoms with Crippen LogP contribution in [0.25, 0.3) is 0 Å². The van der Waals surface area contributed by atoms with Gasteiger partial charge in [0.25, 0.3) is 5.91 Å². The van der Waals surface area contributed by atoms with Crippen LogP contribution in [0.3, 0.4) is 0 Å². The minimum Gasteiger partial charge on any atom is -0.350 e. The maximum Gasteiger partial charge on any atom is 0.252 e. The molecule has 1 N–H and O–H groups in total. The molecule has 1 heterocycles. The van der Waals surface area contributed by atoms with E-state index in [0.29, 0.717) is 18.7 Å². The highest BCUT2D eigenvalue weighted by Crippen LogP contribution is 2.20. The highest BCUT2D eigenvalue weighted by Gasteiger charge is 2.10. The fraction of sp³-hybridized carbons (Fsp3) is 0.250. The molecule has 94 valence electrons. The van der Waals surface area contributed by atoms with Crippen molar-refractivity contribution >= 4 is 21.8 Å². The number of hydrogen-bond acceptors (Lipinski definition) is 3. The lowest BCUT2D eigenvalue weighted by atomic mass is 10.1. The van der Waals surface area contributed by atoms with Crippen LogP contribution >= 0.6 is 15.9 Å². The Hall–Kier alpha value is -1.69. The van der Waals surface area contributed by atoms with Gasteiger partial charge < -0.3 is 5.32 Å². The number of nitrogens with zero attached hydrogens (tertiary/aromatic N) is 3. The van der Waals surface area contributed by atoms with Crippen LogP contribution in [0.15, 0.2) is 35.1 Å². The van der Waals surface area contributed by atoms with Crippen LogP contribution in [0.2, 0.25) is 0 Å². The summed E-state index contributed by atoms with van der Waals surface area (Å²) in [4.78, 5) is 12.0. The van der Waals surface area contributed by atoms with Crippen LogP contribution in [0.1, 0.15) is 15.9 Å². The first-order valence-corrected chi connectivity index (χ1v) is 6.35. The maximum atomic E-state index is 12.0. The minimum absolute atomic E-state index is 0.0920. The number of aromatic nitrogens is 3. The Morgan fingerprint density at radius 1 is 1.50 bits per heavy atom. The molecule has 0 atom stereocenters. The van der Waals surface area contributed by atoms with Gasteiger partial charge in [-0.3, -0.25) is 9.48 Å². The molecule has 0 spiro atoms. The second-order valence-corrected chi connectivity index (χ2v) is 4.65. The van der Waals surface area contributed by atoms with Gasteiger partial charge >= 0.3 is 0 Å². The predicted molar refractivity (Wildman–Crippen MR) is 71.2 cm³/mol. The third kappa shape index (κ3) is 2.95. The molecule has 0 aliphatic carbocycles. The van der Waals surface area contributed by atoms with Gasteiger partial charge in [-0.1, -0.05) is 17.3 Å². The van der Waals surface area contributed by atoms with Crippen LogP contribution in [0.4, 0.5) is 0 Å². The van der Waals surface area contributed by atoms with E-state index >= 15 is 0 Å². The Labute approximate surface area is 113 Å². The van der Waals surface area contributed by atoms with Crippen molar-refractivity contribution in [1.82, 2.24) is 20.3 Å². The molecule has 5 nitrogen and oxygen atoms in total. The lowest BCUT2D eigenvalue weighted by Gasteiger charge is -2.08. The Kier molecular flexibility index (Phi) is 4.09. The topological polar surface area (TPSA) is 59.8 Å². The van der Waals surface area contributed by atoms with Gasteiger partial charge in [-0.25, -0.2) is 0 Å². The summed E-state index contributed by atoms with van der Waals surface area (Å²) < 4.78 is 2.51. The van der Waals surface area contributed by atoms with Crippen molar-refractivity contribution in [2.45, 2.75) is 13.5 Å². The monoisotopic (exact) mass is 308 g/mol. The Morgan fingerprint density at radius 2 is 2.33 bits per heavy atom. The first-order valence-electron chi connectivity index (χ1n) is 5.56. The number of carbonyl (C=O) groups is 1. The standard InChI is InChI=1S/C12H13BrN4O/c1-9-3-2-4-10(11(9)13)12(18)14-5-7-17-8-6-15-16-17/h2-4,6,8H,5,7H2,1H3,(H,14,18). The molecule has 0 saturated carbocycles. The third-order valence-electron chi connectivity index (χ3n) is 2.53. The molecular weight excluding hydrogens is 296 g/mol. The summed E-state index contributed by atoms with van der Waals surface area (Å²) >= 11 is 3.42. The molecule has 0 radical (unpaired) electrons. The lowest BCUT2D eigenvalue weighted by molar-refractivity contribution is 0.0951. The smallest absolute Gasteiger partial charge is 0.252 e. The molecule has 1 amide bonds. The summed E-state index contributed by atoms with van der Waals surface area (Å²) in [6, 6.07) is 5.62. The lowest BCUT2D eigenvalue weighted by Crippen LogP contribution is -2.27. The van der Waals surface area contributed by atoms with Crippen LogP contribution in [-0.4, -0.2) is 27.4 Å². The van der Waals surface area contributed by atoms with E-state index in [1.165, 1.54) is 0 Å². The van der Waals surface area contributed by atoms with Crippen molar-refractivity contribution in [1.29, 1.82) is 0 Å². The van der Waals surface area contributed by atoms with E-state index in [9.17, 15) is 4.79 Å². The van der Waals surface area contributed by atoms with E-state index in [-0.39, 0.29) is 5.91 Å². The number of hydrogen-bond donors (Lipinski definition) is 1. The quantitative estimate of drug-likeness (QED) is 0.936. The number of benzene rings is 1. The average Bonchev–Trinajstić information content (AvgIpc) is 2.85. The SMILES string of the molecule is Cc1cccc(C(=O)NCCn2ccnn2)c1Br. The number of nitrogens with one attached hydrogen (secondary N) is 1. The van der Waals surface area contributed by atoms with E-state index in [4.69, 9.17) is 0 Å². The zero-order valence-electron chi connectivity index (χ0n) is 9.93. The predicted octanol–water partition coefficient (Wildman–Crippen LogP) is 1.78. The molecule has 6 heteroatoms. The summed E-state index contributed by atoms with van der Waals surface area (Å²) in [6.07, 6.45) is 3.37. The van der Waals surface area contributed by atoms with E-state index < -0.39 is 0 Å². The fourth-order valence-electron chi connectivity index (χ4n) is 1.55. The second-order valence-electron chi connectivity index (χ2n) is 3.86. The van der Waals surface area contributed by atoms with Gasteiger partial charge in [0.2, 0.25) is 0 Å². The first-order chi connectivity index (χ1) is 8.68. The molecule has 18 heavy (non-hydrogen) atoms. The average molecular weight is 309 g/mol. The van der Waals surface area contributed by atoms with E-state index in [1.54, 1.807) is 23.1 Å². The van der Waals surface area contributed by atoms with Crippen molar-refractivity contribution < 1.29 is 4.79 Å². The van der Waals surface area contributed by atoms with Gasteiger partial charge in [-0.05, 0) is 34.5 Å². The van der Waals surface area contributed by atoms with Gasteiger partial charge in [-0.2, -0.15) is 0 Å². The van der Waals surface area contributed by atoms with E-state index in [0.717, 1.165) is 10.0 Å². The van der Waals surface area contributed by atoms with Gasteiger partial charge in [0.15, 0.2) is 0 Å². The second kappa shape index (κ2) is 5.77. The Bertz CT molecular complexity index is 539. The van der Waals surface area contributed by atoms with Gasteiger partial charge in [0.05, 0.1) is 18.3 Å². The Morgan fingerprint density at radius 3 is 3.06 bits per heavy atom. The highest BCUT2D eigenvalue weighted by molar-refractivity contribution is 9.10. The molecule has 0 unspecified atom stereocenters. The molecule has 0 fully saturated rings. The fourth-order valence-corrected chi connectivity index (χ4v) is 2.00. The largest absolute Gasteiger partial charge is 0.350 e. The number of rotatable bonds is 4. The minimum atomic E-state index is -0.0920. The molecule has 1 aromatic heterocycles. The summed E-state index contributed by atoms with van der Waals surface area (Å²) in [5, 5.41) is 10.4. The van der Waals surface area contributed by atoms with Crippen molar-refractivity contribution in [3.63, 3.8) is 0 Å². The summed E-state index contributed by atoms with van der Waals surface area (Å²) in [5.41, 5.74) is 1.69. The molecule has 1 aromatic carbocycles. The summed E-state index contributed by atoms with van der Waals surface area (Å²) in [6.45, 7) is 3.08. The van der Waals surface area contributed by atoms with Crippen LogP contribution in [-0.2, 0) is 6.54 Å². The molecule has 0 aliphatic heterocycles. The van der Waals surface area contributed by atoms with Crippen LogP contribution in [0.5, 0.6) is 0 Å². The maximum absolute atomic E-state index is 12.0.